The Bertz CT molecular complexity index is 1330. The summed E-state index contributed by atoms with van der Waals surface area (Å²) in [6.45, 7) is 5.33. The number of imidazole rings is 1. The lowest BCUT2D eigenvalue weighted by atomic mass is 9.87. The fourth-order valence-corrected chi connectivity index (χ4v) is 5.61. The zero-order valence-electron chi connectivity index (χ0n) is 22.8. The van der Waals surface area contributed by atoms with Crippen LogP contribution in [0, 0.1) is 6.92 Å². The van der Waals surface area contributed by atoms with E-state index in [9.17, 15) is 4.79 Å². The summed E-state index contributed by atoms with van der Waals surface area (Å²) in [4.78, 5) is 20.3. The van der Waals surface area contributed by atoms with Crippen molar-refractivity contribution >= 4 is 29.3 Å². The van der Waals surface area contributed by atoms with Crippen molar-refractivity contribution in [3.63, 3.8) is 0 Å². The predicted octanol–water partition coefficient (Wildman–Crippen LogP) is 5.62. The maximum Gasteiger partial charge on any atom is 0.247 e. The number of hydrogen-bond acceptors (Lipinski definition) is 5. The Kier molecular flexibility index (Phi) is 8.89. The van der Waals surface area contributed by atoms with Gasteiger partial charge in [0.05, 0.1) is 44.1 Å². The number of ether oxygens (including phenoxy) is 2. The molecule has 0 bridgehead atoms. The summed E-state index contributed by atoms with van der Waals surface area (Å²) in [5, 5.41) is 3.34. The number of benzene rings is 2. The number of methoxy groups -OCH3 is 1. The number of rotatable bonds is 9. The SMILES string of the molecule is COc1cc(/C=C(\CCCCl)C(=O)NC2CCCc3cc(N4CCOCC4)ccc32)ccc1-n1cnc(C)c1. The molecule has 1 atom stereocenters. The van der Waals surface area contributed by atoms with Crippen molar-refractivity contribution < 1.29 is 14.3 Å². The molecule has 1 aliphatic carbocycles. The highest BCUT2D eigenvalue weighted by Gasteiger charge is 2.24. The maximum atomic E-state index is 13.6. The molecule has 8 heteroatoms. The standard InChI is InChI=1S/C31H37ClN4O3/c1-22-20-36(21-33-22)29-11-8-23(18-30(29)38-2)17-25(6-4-12-32)31(37)34-28-7-3-5-24-19-26(9-10-27(24)28)35-13-15-39-16-14-35/h8-11,17-21,28H,3-7,12-16H2,1-2H3,(H,34,37)/b25-17+. The van der Waals surface area contributed by atoms with Gasteiger partial charge in [-0.3, -0.25) is 4.79 Å². The molecular formula is C31H37ClN4O3. The van der Waals surface area contributed by atoms with Crippen molar-refractivity contribution in [3.05, 3.63) is 76.9 Å². The molecule has 0 spiro atoms. The first-order valence-corrected chi connectivity index (χ1v) is 14.3. The highest BCUT2D eigenvalue weighted by molar-refractivity contribution is 6.17. The lowest BCUT2D eigenvalue weighted by Crippen LogP contribution is -2.36. The van der Waals surface area contributed by atoms with Gasteiger partial charge in [0.1, 0.15) is 5.75 Å². The molecule has 39 heavy (non-hydrogen) atoms. The molecule has 1 aliphatic heterocycles. The van der Waals surface area contributed by atoms with E-state index in [1.54, 1.807) is 13.4 Å². The molecule has 0 saturated carbocycles. The molecule has 2 aliphatic rings. The lowest BCUT2D eigenvalue weighted by molar-refractivity contribution is -0.118. The Hall–Kier alpha value is -3.29. The molecule has 1 amide bonds. The van der Waals surface area contributed by atoms with Crippen LogP contribution in [0.5, 0.6) is 5.75 Å². The van der Waals surface area contributed by atoms with Crippen molar-refractivity contribution in [3.8, 4) is 11.4 Å². The van der Waals surface area contributed by atoms with Gasteiger partial charge in [0, 0.05) is 36.4 Å². The number of alkyl halides is 1. The largest absolute Gasteiger partial charge is 0.495 e. The van der Waals surface area contributed by atoms with Crippen molar-refractivity contribution in [2.45, 2.75) is 45.1 Å². The number of hydrogen-bond donors (Lipinski definition) is 1. The highest BCUT2D eigenvalue weighted by Crippen LogP contribution is 2.33. The fraction of sp³-hybridized carbons (Fsp3) is 0.419. The van der Waals surface area contributed by atoms with E-state index in [0.717, 1.165) is 80.3 Å². The molecule has 5 rings (SSSR count). The zero-order valence-corrected chi connectivity index (χ0v) is 23.5. The van der Waals surface area contributed by atoms with Gasteiger partial charge >= 0.3 is 0 Å². The summed E-state index contributed by atoms with van der Waals surface area (Å²) in [6.07, 6.45) is 10.1. The number of carbonyl (C=O) groups excluding carboxylic acids is 1. The van der Waals surface area contributed by atoms with Crippen molar-refractivity contribution in [1.29, 1.82) is 0 Å². The molecule has 1 unspecified atom stereocenters. The summed E-state index contributed by atoms with van der Waals surface area (Å²) < 4.78 is 13.1. The quantitative estimate of drug-likeness (QED) is 0.277. The first kappa shape index (κ1) is 27.3. The third kappa shape index (κ3) is 6.48. The summed E-state index contributed by atoms with van der Waals surface area (Å²) in [7, 11) is 1.65. The highest BCUT2D eigenvalue weighted by atomic mass is 35.5. The molecule has 1 aromatic heterocycles. The number of fused-ring (bicyclic) bond motifs is 1. The molecule has 1 saturated heterocycles. The third-order valence-corrected chi connectivity index (χ3v) is 7.80. The Morgan fingerprint density at radius 1 is 1.23 bits per heavy atom. The zero-order chi connectivity index (χ0) is 27.2. The number of anilines is 1. The van der Waals surface area contributed by atoms with E-state index in [1.165, 1.54) is 16.8 Å². The second kappa shape index (κ2) is 12.7. The molecule has 1 fully saturated rings. The minimum absolute atomic E-state index is 0.000725. The molecule has 2 aromatic carbocycles. The van der Waals surface area contributed by atoms with Gasteiger partial charge in [-0.05, 0) is 86.1 Å². The fourth-order valence-electron chi connectivity index (χ4n) is 5.48. The van der Waals surface area contributed by atoms with Gasteiger partial charge in [-0.2, -0.15) is 0 Å². The van der Waals surface area contributed by atoms with Gasteiger partial charge in [-0.1, -0.05) is 12.1 Å². The molecule has 3 aromatic rings. The molecule has 1 N–H and O–H groups in total. The number of morpholine rings is 1. The number of nitrogens with zero attached hydrogens (tertiary/aromatic N) is 3. The summed E-state index contributed by atoms with van der Waals surface area (Å²) in [6, 6.07) is 12.7. The van der Waals surface area contributed by atoms with E-state index in [-0.39, 0.29) is 11.9 Å². The minimum atomic E-state index is -0.0384. The van der Waals surface area contributed by atoms with Crippen LogP contribution in [0.25, 0.3) is 11.8 Å². The first-order chi connectivity index (χ1) is 19.1. The van der Waals surface area contributed by atoms with E-state index in [2.05, 4.69) is 33.4 Å². The van der Waals surface area contributed by atoms with E-state index in [1.807, 2.05) is 42.0 Å². The number of amides is 1. The smallest absolute Gasteiger partial charge is 0.247 e. The van der Waals surface area contributed by atoms with Crippen molar-refractivity contribution in [2.75, 3.05) is 44.2 Å². The summed E-state index contributed by atoms with van der Waals surface area (Å²) >= 11 is 6.03. The average molecular weight is 549 g/mol. The lowest BCUT2D eigenvalue weighted by Gasteiger charge is -2.32. The van der Waals surface area contributed by atoms with Crippen molar-refractivity contribution in [2.24, 2.45) is 0 Å². The van der Waals surface area contributed by atoms with E-state index >= 15 is 0 Å². The summed E-state index contributed by atoms with van der Waals surface area (Å²) in [5.41, 5.74) is 7.27. The third-order valence-electron chi connectivity index (χ3n) is 7.53. The van der Waals surface area contributed by atoms with Crippen LogP contribution < -0.4 is 15.0 Å². The normalized spacial score (nSPS) is 17.6. The number of nitrogens with one attached hydrogen (secondary N) is 1. The Labute approximate surface area is 235 Å². The van der Waals surface area contributed by atoms with Crippen LogP contribution in [0.3, 0.4) is 0 Å². The second-order valence-corrected chi connectivity index (χ2v) is 10.6. The van der Waals surface area contributed by atoms with Crippen LogP contribution in [-0.2, 0) is 16.0 Å². The van der Waals surface area contributed by atoms with Crippen LogP contribution in [0.2, 0.25) is 0 Å². The minimum Gasteiger partial charge on any atom is -0.495 e. The van der Waals surface area contributed by atoms with Crippen molar-refractivity contribution in [1.82, 2.24) is 14.9 Å². The van der Waals surface area contributed by atoms with Gasteiger partial charge in [-0.25, -0.2) is 4.98 Å². The van der Waals surface area contributed by atoms with Crippen LogP contribution >= 0.6 is 11.6 Å². The average Bonchev–Trinajstić information content (AvgIpc) is 3.41. The Balaban J connectivity index is 1.36. The molecule has 2 heterocycles. The van der Waals surface area contributed by atoms with Crippen LogP contribution in [0.1, 0.15) is 54.1 Å². The van der Waals surface area contributed by atoms with E-state index < -0.39 is 0 Å². The number of aromatic nitrogens is 2. The van der Waals surface area contributed by atoms with Gasteiger partial charge in [0.15, 0.2) is 0 Å². The Morgan fingerprint density at radius 3 is 2.82 bits per heavy atom. The first-order valence-electron chi connectivity index (χ1n) is 13.8. The van der Waals surface area contributed by atoms with Gasteiger partial charge < -0.3 is 24.3 Å². The molecular weight excluding hydrogens is 512 g/mol. The monoisotopic (exact) mass is 548 g/mol. The predicted molar refractivity (Wildman–Crippen MR) is 156 cm³/mol. The van der Waals surface area contributed by atoms with Crippen LogP contribution in [0.4, 0.5) is 5.69 Å². The number of halogens is 1. The maximum absolute atomic E-state index is 13.6. The second-order valence-electron chi connectivity index (χ2n) is 10.2. The van der Waals surface area contributed by atoms with Gasteiger partial charge in [-0.15, -0.1) is 11.6 Å². The van der Waals surface area contributed by atoms with Gasteiger partial charge in [0.2, 0.25) is 5.91 Å². The van der Waals surface area contributed by atoms with E-state index in [4.69, 9.17) is 21.1 Å². The molecule has 206 valence electrons. The van der Waals surface area contributed by atoms with Crippen LogP contribution in [-0.4, -0.2) is 54.8 Å². The number of aryl methyl sites for hydroxylation is 2. The topological polar surface area (TPSA) is 68.6 Å². The van der Waals surface area contributed by atoms with Crippen LogP contribution in [0.15, 0.2) is 54.5 Å². The Morgan fingerprint density at radius 2 is 2.08 bits per heavy atom. The van der Waals surface area contributed by atoms with E-state index in [0.29, 0.717) is 12.3 Å². The molecule has 7 nitrogen and oxygen atoms in total. The number of carbonyl (C=O) groups is 1. The molecule has 0 radical (unpaired) electrons. The van der Waals surface area contributed by atoms with Gasteiger partial charge in [0.25, 0.3) is 0 Å². The summed E-state index contributed by atoms with van der Waals surface area (Å²) in [5.74, 6) is 1.18.